The van der Waals surface area contributed by atoms with E-state index < -0.39 is 10.0 Å². The summed E-state index contributed by atoms with van der Waals surface area (Å²) in [6.07, 6.45) is 6.29. The summed E-state index contributed by atoms with van der Waals surface area (Å²) in [6.45, 7) is 1.50. The first-order valence-electron chi connectivity index (χ1n) is 8.92. The van der Waals surface area contributed by atoms with Crippen molar-refractivity contribution in [3.63, 3.8) is 0 Å². The van der Waals surface area contributed by atoms with Gasteiger partial charge in [0.25, 0.3) is 0 Å². The van der Waals surface area contributed by atoms with Gasteiger partial charge in [-0.1, -0.05) is 18.2 Å². The Balaban J connectivity index is 0.00000240. The van der Waals surface area contributed by atoms with Gasteiger partial charge < -0.3 is 10.1 Å². The Morgan fingerprint density at radius 2 is 2.00 bits per heavy atom. The molecule has 4 rings (SSSR count). The Kier molecular flexibility index (Phi) is 6.53. The third-order valence-corrected chi connectivity index (χ3v) is 6.62. The molecule has 154 valence electrons. The third kappa shape index (κ3) is 4.13. The number of para-hydroxylation sites is 2. The van der Waals surface area contributed by atoms with E-state index in [1.165, 1.54) is 21.4 Å². The first-order chi connectivity index (χ1) is 13.6. The van der Waals surface area contributed by atoms with E-state index in [0.717, 1.165) is 5.56 Å². The topological polar surface area (TPSA) is 89.4 Å². The maximum atomic E-state index is 13.4. The molecule has 1 aliphatic heterocycles. The fraction of sp³-hybridized carbons (Fsp3) is 0.263. The molecule has 1 saturated heterocycles. The molecule has 2 aromatic heterocycles. The molecule has 0 amide bonds. The summed E-state index contributed by atoms with van der Waals surface area (Å²) in [5, 5.41) is 7.52. The number of ether oxygens (including phenoxy) is 1. The van der Waals surface area contributed by atoms with E-state index >= 15 is 0 Å². The number of methoxy groups -OCH3 is 1. The third-order valence-electron chi connectivity index (χ3n) is 4.76. The van der Waals surface area contributed by atoms with Gasteiger partial charge in [-0.2, -0.15) is 9.40 Å². The molecule has 1 N–H and O–H groups in total. The number of aromatic nitrogens is 3. The number of sulfonamides is 1. The molecule has 0 aliphatic carbocycles. The summed E-state index contributed by atoms with van der Waals surface area (Å²) in [4.78, 5) is 4.28. The van der Waals surface area contributed by atoms with Gasteiger partial charge in [0, 0.05) is 32.0 Å². The van der Waals surface area contributed by atoms with Gasteiger partial charge in [0.05, 0.1) is 25.5 Å². The number of pyridine rings is 1. The highest BCUT2D eigenvalue weighted by Gasteiger charge is 2.35. The summed E-state index contributed by atoms with van der Waals surface area (Å²) in [6, 6.07) is 10.7. The van der Waals surface area contributed by atoms with Crippen molar-refractivity contribution in [2.75, 3.05) is 26.7 Å². The second-order valence-electron chi connectivity index (χ2n) is 6.41. The molecule has 3 heterocycles. The Labute approximate surface area is 176 Å². The second kappa shape index (κ2) is 8.91. The van der Waals surface area contributed by atoms with Crippen LogP contribution in [0.15, 0.2) is 66.1 Å². The Morgan fingerprint density at radius 1 is 1.17 bits per heavy atom. The lowest BCUT2D eigenvalue weighted by Crippen LogP contribution is -2.48. The van der Waals surface area contributed by atoms with Gasteiger partial charge in [-0.05, 0) is 23.8 Å². The number of hydrogen-bond donors (Lipinski definition) is 1. The summed E-state index contributed by atoms with van der Waals surface area (Å²) in [7, 11) is -2.16. The van der Waals surface area contributed by atoms with Gasteiger partial charge in [-0.15, -0.1) is 12.4 Å². The highest BCUT2D eigenvalue weighted by Crippen LogP contribution is 2.29. The van der Waals surface area contributed by atoms with E-state index in [9.17, 15) is 8.42 Å². The minimum atomic E-state index is -3.72. The van der Waals surface area contributed by atoms with Crippen LogP contribution in [0.2, 0.25) is 0 Å². The van der Waals surface area contributed by atoms with E-state index in [2.05, 4.69) is 15.4 Å². The average molecular weight is 436 g/mol. The Hall–Kier alpha value is -2.46. The van der Waals surface area contributed by atoms with Crippen molar-refractivity contribution < 1.29 is 13.2 Å². The van der Waals surface area contributed by atoms with Crippen LogP contribution in [-0.4, -0.2) is 54.2 Å². The first-order valence-corrected chi connectivity index (χ1v) is 10.4. The fourth-order valence-corrected chi connectivity index (χ4v) is 4.90. The normalized spacial score (nSPS) is 17.5. The molecule has 8 nitrogen and oxygen atoms in total. The van der Waals surface area contributed by atoms with E-state index in [4.69, 9.17) is 4.74 Å². The van der Waals surface area contributed by atoms with Gasteiger partial charge >= 0.3 is 0 Å². The highest BCUT2D eigenvalue weighted by molar-refractivity contribution is 7.89. The maximum absolute atomic E-state index is 13.4. The zero-order valence-electron chi connectivity index (χ0n) is 15.8. The lowest BCUT2D eigenvalue weighted by atomic mass is 10.1. The molecule has 0 saturated carbocycles. The van der Waals surface area contributed by atoms with Crippen LogP contribution in [0.3, 0.4) is 0 Å². The SMILES string of the molecule is COc1ccccc1-n1cc(S(=O)(=O)N2CCNCC2c2cccnc2)cn1.Cl. The lowest BCUT2D eigenvalue weighted by molar-refractivity contribution is 0.271. The first kappa shape index (κ1) is 21.3. The largest absolute Gasteiger partial charge is 0.494 e. The number of halogens is 1. The van der Waals surface area contributed by atoms with Gasteiger partial charge in [0.1, 0.15) is 16.3 Å². The van der Waals surface area contributed by atoms with Gasteiger partial charge in [-0.25, -0.2) is 13.1 Å². The molecule has 1 aliphatic rings. The molecular weight excluding hydrogens is 414 g/mol. The minimum Gasteiger partial charge on any atom is -0.494 e. The molecule has 0 bridgehead atoms. The fourth-order valence-electron chi connectivity index (χ4n) is 3.36. The molecule has 1 unspecified atom stereocenters. The van der Waals surface area contributed by atoms with Crippen molar-refractivity contribution in [1.29, 1.82) is 0 Å². The van der Waals surface area contributed by atoms with Crippen LogP contribution < -0.4 is 10.1 Å². The van der Waals surface area contributed by atoms with Crippen LogP contribution in [0.1, 0.15) is 11.6 Å². The average Bonchev–Trinajstić information content (AvgIpc) is 3.25. The van der Waals surface area contributed by atoms with E-state index in [1.807, 2.05) is 30.3 Å². The number of nitrogens with one attached hydrogen (secondary N) is 1. The number of nitrogens with zero attached hydrogens (tertiary/aromatic N) is 4. The summed E-state index contributed by atoms with van der Waals surface area (Å²) < 4.78 is 35.1. The molecule has 0 radical (unpaired) electrons. The van der Waals surface area contributed by atoms with Crippen molar-refractivity contribution >= 4 is 22.4 Å². The molecule has 29 heavy (non-hydrogen) atoms. The molecule has 0 spiro atoms. The van der Waals surface area contributed by atoms with Crippen molar-refractivity contribution in [1.82, 2.24) is 24.4 Å². The Bertz CT molecular complexity index is 1060. The van der Waals surface area contributed by atoms with E-state index in [1.54, 1.807) is 25.6 Å². The molecule has 1 atom stereocenters. The van der Waals surface area contributed by atoms with Crippen LogP contribution in [0, 0.1) is 0 Å². The van der Waals surface area contributed by atoms with Gasteiger partial charge in [-0.3, -0.25) is 4.98 Å². The quantitative estimate of drug-likeness (QED) is 0.659. The van der Waals surface area contributed by atoms with Crippen molar-refractivity contribution in [2.45, 2.75) is 10.9 Å². The lowest BCUT2D eigenvalue weighted by Gasteiger charge is -2.34. The van der Waals surface area contributed by atoms with Crippen LogP contribution >= 0.6 is 12.4 Å². The monoisotopic (exact) mass is 435 g/mol. The number of rotatable bonds is 5. The summed E-state index contributed by atoms with van der Waals surface area (Å²) >= 11 is 0. The van der Waals surface area contributed by atoms with Crippen molar-refractivity contribution in [2.24, 2.45) is 0 Å². The molecule has 1 aromatic carbocycles. The van der Waals surface area contributed by atoms with Crippen LogP contribution in [0.5, 0.6) is 5.75 Å². The number of benzene rings is 1. The minimum absolute atomic E-state index is 0. The van der Waals surface area contributed by atoms with Crippen LogP contribution in [-0.2, 0) is 10.0 Å². The van der Waals surface area contributed by atoms with E-state index in [0.29, 0.717) is 31.1 Å². The summed E-state index contributed by atoms with van der Waals surface area (Å²) in [5.74, 6) is 0.616. The van der Waals surface area contributed by atoms with Crippen molar-refractivity contribution in [3.05, 3.63) is 66.7 Å². The highest BCUT2D eigenvalue weighted by atomic mass is 35.5. The van der Waals surface area contributed by atoms with Crippen LogP contribution in [0.4, 0.5) is 0 Å². The molecular formula is C19H22ClN5O3S. The number of piperazine rings is 1. The zero-order valence-corrected chi connectivity index (χ0v) is 17.4. The molecule has 10 heteroatoms. The molecule has 3 aromatic rings. The van der Waals surface area contributed by atoms with Crippen molar-refractivity contribution in [3.8, 4) is 11.4 Å². The zero-order chi connectivity index (χ0) is 19.6. The number of hydrogen-bond acceptors (Lipinski definition) is 6. The maximum Gasteiger partial charge on any atom is 0.246 e. The van der Waals surface area contributed by atoms with Gasteiger partial charge in [0.15, 0.2) is 0 Å². The second-order valence-corrected chi connectivity index (χ2v) is 8.31. The van der Waals surface area contributed by atoms with Crippen LogP contribution in [0.25, 0.3) is 5.69 Å². The molecule has 1 fully saturated rings. The van der Waals surface area contributed by atoms with Gasteiger partial charge in [0.2, 0.25) is 10.0 Å². The predicted octanol–water partition coefficient (Wildman–Crippen LogP) is 2.03. The predicted molar refractivity (Wildman–Crippen MR) is 111 cm³/mol. The van der Waals surface area contributed by atoms with E-state index in [-0.39, 0.29) is 23.3 Å². The standard InChI is InChI=1S/C19H21N5O3S.ClH/c1-27-19-7-3-2-6-17(19)23-14-16(12-22-23)28(25,26)24-10-9-21-13-18(24)15-5-4-8-20-11-15;/h2-8,11-12,14,18,21H,9-10,13H2,1H3;1H. The smallest absolute Gasteiger partial charge is 0.246 e. The summed E-state index contributed by atoms with van der Waals surface area (Å²) in [5.41, 5.74) is 1.53. The Morgan fingerprint density at radius 3 is 2.76 bits per heavy atom.